The highest BCUT2D eigenvalue weighted by molar-refractivity contribution is 5.38. The van der Waals surface area contributed by atoms with E-state index in [0.29, 0.717) is 5.82 Å². The topological polar surface area (TPSA) is 58.2 Å². The highest BCUT2D eigenvalue weighted by atomic mass is 16.5. The second kappa shape index (κ2) is 6.00. The molecule has 1 saturated heterocycles. The molecule has 1 N–H and O–H groups in total. The quantitative estimate of drug-likeness (QED) is 0.880. The molecule has 100 valence electrons. The minimum atomic E-state index is -0.0888. The number of nitrogens with zero attached hydrogens (tertiary/aromatic N) is 2. The zero-order chi connectivity index (χ0) is 13.0. The van der Waals surface area contributed by atoms with Crippen LogP contribution in [0.3, 0.4) is 0 Å². The van der Waals surface area contributed by atoms with Crippen molar-refractivity contribution in [3.8, 4) is 0 Å². The van der Waals surface area contributed by atoms with Crippen LogP contribution in [0, 0.1) is 6.92 Å². The van der Waals surface area contributed by atoms with Crippen LogP contribution in [0.4, 0.5) is 5.82 Å². The van der Waals surface area contributed by atoms with Crippen molar-refractivity contribution >= 4 is 5.82 Å². The summed E-state index contributed by atoms with van der Waals surface area (Å²) in [5, 5.41) is 0. The van der Waals surface area contributed by atoms with Gasteiger partial charge in [0.25, 0.3) is 5.56 Å². The number of rotatable bonds is 4. The smallest absolute Gasteiger partial charge is 0.252 e. The van der Waals surface area contributed by atoms with Crippen molar-refractivity contribution in [2.75, 3.05) is 24.6 Å². The number of aryl methyl sites for hydroxylation is 1. The zero-order valence-corrected chi connectivity index (χ0v) is 11.1. The first-order valence-electron chi connectivity index (χ1n) is 6.63. The van der Waals surface area contributed by atoms with Gasteiger partial charge in [0.2, 0.25) is 0 Å². The Morgan fingerprint density at radius 3 is 3.17 bits per heavy atom. The predicted octanol–water partition coefficient (Wildman–Crippen LogP) is 1.47. The van der Waals surface area contributed by atoms with Gasteiger partial charge in [-0.05, 0) is 26.2 Å². The average Bonchev–Trinajstić information content (AvgIpc) is 2.35. The van der Waals surface area contributed by atoms with E-state index in [0.717, 1.165) is 44.8 Å². The molecule has 0 saturated carbocycles. The van der Waals surface area contributed by atoms with Crippen molar-refractivity contribution in [2.45, 2.75) is 39.2 Å². The lowest BCUT2D eigenvalue weighted by molar-refractivity contribution is 0.0439. The lowest BCUT2D eigenvalue weighted by Crippen LogP contribution is -2.40. The molecule has 1 fully saturated rings. The Labute approximate surface area is 107 Å². The Morgan fingerprint density at radius 1 is 1.61 bits per heavy atom. The van der Waals surface area contributed by atoms with E-state index in [9.17, 15) is 4.79 Å². The number of hydrogen-bond donors (Lipinski definition) is 1. The Morgan fingerprint density at radius 2 is 2.44 bits per heavy atom. The van der Waals surface area contributed by atoms with Gasteiger partial charge in [0, 0.05) is 25.8 Å². The third-order valence-corrected chi connectivity index (χ3v) is 3.11. The first kappa shape index (κ1) is 13.1. The minimum Gasteiger partial charge on any atom is -0.376 e. The molecule has 1 aliphatic heterocycles. The van der Waals surface area contributed by atoms with Crippen molar-refractivity contribution in [3.63, 3.8) is 0 Å². The first-order chi connectivity index (χ1) is 8.69. The van der Waals surface area contributed by atoms with Crippen LogP contribution in [0.25, 0.3) is 0 Å². The second-order valence-electron chi connectivity index (χ2n) is 4.77. The van der Waals surface area contributed by atoms with Gasteiger partial charge in [0.05, 0.1) is 6.10 Å². The van der Waals surface area contributed by atoms with Gasteiger partial charge >= 0.3 is 0 Å². The van der Waals surface area contributed by atoms with Crippen LogP contribution >= 0.6 is 0 Å². The molecule has 1 unspecified atom stereocenters. The predicted molar refractivity (Wildman–Crippen MR) is 71.1 cm³/mol. The van der Waals surface area contributed by atoms with Crippen LogP contribution in [0.1, 0.15) is 32.0 Å². The molecular weight excluding hydrogens is 230 g/mol. The van der Waals surface area contributed by atoms with Gasteiger partial charge in [-0.3, -0.25) is 4.79 Å². The molecule has 0 amide bonds. The maximum atomic E-state index is 11.5. The van der Waals surface area contributed by atoms with Gasteiger partial charge < -0.3 is 14.6 Å². The summed E-state index contributed by atoms with van der Waals surface area (Å²) in [6.45, 7) is 6.50. The van der Waals surface area contributed by atoms with Crippen molar-refractivity contribution in [2.24, 2.45) is 0 Å². The van der Waals surface area contributed by atoms with Gasteiger partial charge in [-0.1, -0.05) is 6.92 Å². The summed E-state index contributed by atoms with van der Waals surface area (Å²) in [5.74, 6) is 1.43. The molecule has 0 radical (unpaired) electrons. The fourth-order valence-corrected chi connectivity index (χ4v) is 2.29. The maximum absolute atomic E-state index is 11.5. The summed E-state index contributed by atoms with van der Waals surface area (Å²) in [6, 6.07) is 1.56. The molecular formula is C13H21N3O2. The van der Waals surface area contributed by atoms with E-state index in [1.165, 1.54) is 0 Å². The summed E-state index contributed by atoms with van der Waals surface area (Å²) in [4.78, 5) is 20.7. The molecule has 1 aromatic heterocycles. The molecule has 0 bridgehead atoms. The van der Waals surface area contributed by atoms with E-state index >= 15 is 0 Å². The van der Waals surface area contributed by atoms with E-state index in [4.69, 9.17) is 4.74 Å². The summed E-state index contributed by atoms with van der Waals surface area (Å²) in [6.07, 6.45) is 3.49. The number of aromatic amines is 1. The van der Waals surface area contributed by atoms with Crippen LogP contribution in [0.5, 0.6) is 0 Å². The number of aromatic nitrogens is 2. The molecule has 18 heavy (non-hydrogen) atoms. The highest BCUT2D eigenvalue weighted by Gasteiger charge is 2.21. The van der Waals surface area contributed by atoms with Crippen LogP contribution < -0.4 is 10.5 Å². The molecule has 5 heteroatoms. The molecule has 1 aromatic rings. The monoisotopic (exact) mass is 251 g/mol. The Bertz CT molecular complexity index is 444. The van der Waals surface area contributed by atoms with Gasteiger partial charge in [0.1, 0.15) is 11.6 Å². The number of hydrogen-bond acceptors (Lipinski definition) is 4. The lowest BCUT2D eigenvalue weighted by atomic mass is 10.1. The molecule has 5 nitrogen and oxygen atoms in total. The van der Waals surface area contributed by atoms with Gasteiger partial charge in [-0.15, -0.1) is 0 Å². The van der Waals surface area contributed by atoms with Gasteiger partial charge in [-0.25, -0.2) is 4.98 Å². The highest BCUT2D eigenvalue weighted by Crippen LogP contribution is 2.18. The van der Waals surface area contributed by atoms with E-state index in [2.05, 4.69) is 21.8 Å². The molecule has 2 rings (SSSR count). The molecule has 1 atom stereocenters. The standard InChI is InChI=1S/C13H21N3O2/c1-3-7-18-11-5-4-6-16(9-11)12-8-13(17)15-10(2)14-12/h8,11H,3-7,9H2,1-2H3,(H,14,15,17). The number of anilines is 1. The largest absolute Gasteiger partial charge is 0.376 e. The van der Waals surface area contributed by atoms with Crippen LogP contribution in [0.15, 0.2) is 10.9 Å². The van der Waals surface area contributed by atoms with Gasteiger partial charge in [0.15, 0.2) is 0 Å². The maximum Gasteiger partial charge on any atom is 0.252 e. The van der Waals surface area contributed by atoms with Crippen molar-refractivity contribution in [3.05, 3.63) is 22.2 Å². The van der Waals surface area contributed by atoms with Crippen molar-refractivity contribution in [1.29, 1.82) is 0 Å². The fraction of sp³-hybridized carbons (Fsp3) is 0.692. The summed E-state index contributed by atoms with van der Waals surface area (Å²) in [7, 11) is 0. The lowest BCUT2D eigenvalue weighted by Gasteiger charge is -2.33. The molecule has 0 aromatic carbocycles. The van der Waals surface area contributed by atoms with E-state index in [-0.39, 0.29) is 11.7 Å². The third kappa shape index (κ3) is 3.32. The van der Waals surface area contributed by atoms with Crippen LogP contribution in [0.2, 0.25) is 0 Å². The normalized spacial score (nSPS) is 20.1. The summed E-state index contributed by atoms with van der Waals surface area (Å²) in [5.41, 5.74) is -0.0888. The molecule has 1 aliphatic rings. The van der Waals surface area contributed by atoms with Crippen molar-refractivity contribution in [1.82, 2.24) is 9.97 Å². The first-order valence-corrected chi connectivity index (χ1v) is 6.63. The molecule has 0 aliphatic carbocycles. The minimum absolute atomic E-state index is 0.0888. The Hall–Kier alpha value is -1.36. The Kier molecular flexibility index (Phi) is 4.36. The fourth-order valence-electron chi connectivity index (χ4n) is 2.29. The Balaban J connectivity index is 2.05. The molecule has 2 heterocycles. The summed E-state index contributed by atoms with van der Waals surface area (Å²) >= 11 is 0. The third-order valence-electron chi connectivity index (χ3n) is 3.11. The molecule has 0 spiro atoms. The van der Waals surface area contributed by atoms with Crippen LogP contribution in [-0.4, -0.2) is 35.8 Å². The van der Waals surface area contributed by atoms with E-state index < -0.39 is 0 Å². The number of piperidine rings is 1. The zero-order valence-electron chi connectivity index (χ0n) is 11.1. The van der Waals surface area contributed by atoms with E-state index in [1.54, 1.807) is 13.0 Å². The van der Waals surface area contributed by atoms with Gasteiger partial charge in [-0.2, -0.15) is 0 Å². The van der Waals surface area contributed by atoms with Crippen molar-refractivity contribution < 1.29 is 4.74 Å². The second-order valence-corrected chi connectivity index (χ2v) is 4.77. The summed E-state index contributed by atoms with van der Waals surface area (Å²) < 4.78 is 5.79. The number of H-pyrrole nitrogens is 1. The average molecular weight is 251 g/mol. The number of nitrogens with one attached hydrogen (secondary N) is 1. The van der Waals surface area contributed by atoms with Crippen LogP contribution in [-0.2, 0) is 4.74 Å². The van der Waals surface area contributed by atoms with E-state index in [1.807, 2.05) is 0 Å². The number of ether oxygens (including phenoxy) is 1. The SMILES string of the molecule is CCCOC1CCCN(c2cc(=O)[nH]c(C)n2)C1.